The SMILES string of the molecule is C.Cn1ccc2cc(C3=C(c4ccc(O[C@H]5CCN(CCCF)C5)cc4)c4ccc(O)cc4CCC3)ccc21. The molecule has 4 nitrogen and oxygen atoms in total. The molecule has 3 aromatic carbocycles. The molecule has 2 aliphatic rings. The molecule has 1 aliphatic carbocycles. The quantitative estimate of drug-likeness (QED) is 0.269. The van der Waals surface area contributed by atoms with Crippen molar-refractivity contribution in [3.8, 4) is 11.5 Å². The maximum absolute atomic E-state index is 12.6. The molecule has 1 N–H and O–H groups in total. The van der Waals surface area contributed by atoms with Crippen LogP contribution in [-0.4, -0.2) is 47.0 Å². The molecule has 1 fully saturated rings. The van der Waals surface area contributed by atoms with Crippen molar-refractivity contribution < 1.29 is 14.2 Å². The lowest BCUT2D eigenvalue weighted by atomic mass is 9.87. The van der Waals surface area contributed by atoms with E-state index in [2.05, 4.69) is 77.3 Å². The number of alkyl halides is 1. The summed E-state index contributed by atoms with van der Waals surface area (Å²) < 4.78 is 21.0. The van der Waals surface area contributed by atoms with Crippen LogP contribution in [0.3, 0.4) is 0 Å². The lowest BCUT2D eigenvalue weighted by Crippen LogP contribution is -2.26. The van der Waals surface area contributed by atoms with E-state index >= 15 is 0 Å². The van der Waals surface area contributed by atoms with Crippen LogP contribution in [0, 0.1) is 0 Å². The average Bonchev–Trinajstić information content (AvgIpc) is 3.48. The van der Waals surface area contributed by atoms with Gasteiger partial charge in [0.05, 0.1) is 6.67 Å². The topological polar surface area (TPSA) is 37.6 Å². The first-order valence-corrected chi connectivity index (χ1v) is 13.8. The van der Waals surface area contributed by atoms with Gasteiger partial charge < -0.3 is 14.4 Å². The zero-order valence-electron chi connectivity index (χ0n) is 22.0. The predicted octanol–water partition coefficient (Wildman–Crippen LogP) is 7.63. The Balaban J connectivity index is 0.00000308. The van der Waals surface area contributed by atoms with Crippen LogP contribution in [0.5, 0.6) is 11.5 Å². The van der Waals surface area contributed by atoms with Crippen LogP contribution in [-0.2, 0) is 13.5 Å². The highest BCUT2D eigenvalue weighted by molar-refractivity contribution is 6.01. The van der Waals surface area contributed by atoms with E-state index in [1.165, 1.54) is 38.7 Å². The predicted molar refractivity (Wildman–Crippen MR) is 159 cm³/mol. The van der Waals surface area contributed by atoms with Crippen molar-refractivity contribution in [2.45, 2.75) is 45.6 Å². The minimum Gasteiger partial charge on any atom is -0.508 e. The number of hydrogen-bond donors (Lipinski definition) is 1. The summed E-state index contributed by atoms with van der Waals surface area (Å²) in [7, 11) is 2.08. The van der Waals surface area contributed by atoms with Crippen molar-refractivity contribution >= 4 is 22.0 Å². The molecule has 4 aromatic rings. The fraction of sp³-hybridized carbons (Fsp3) is 0.353. The second kappa shape index (κ2) is 11.7. The van der Waals surface area contributed by atoms with Crippen LogP contribution in [0.2, 0.25) is 0 Å². The van der Waals surface area contributed by atoms with Crippen LogP contribution >= 0.6 is 0 Å². The normalized spacial score (nSPS) is 17.6. The zero-order valence-corrected chi connectivity index (χ0v) is 22.0. The molecule has 0 saturated carbocycles. The molecule has 0 radical (unpaired) electrons. The third-order valence-corrected chi connectivity index (χ3v) is 8.05. The van der Waals surface area contributed by atoms with E-state index in [1.54, 1.807) is 6.07 Å². The average molecular weight is 527 g/mol. The monoisotopic (exact) mass is 526 g/mol. The minimum atomic E-state index is -0.261. The number of phenolic OH excluding ortho intramolecular Hbond substituents is 1. The number of allylic oxidation sites excluding steroid dienone is 1. The van der Waals surface area contributed by atoms with E-state index in [4.69, 9.17) is 4.74 Å². The molecule has 1 atom stereocenters. The Morgan fingerprint density at radius 2 is 1.79 bits per heavy atom. The number of benzene rings is 3. The molecule has 204 valence electrons. The van der Waals surface area contributed by atoms with E-state index in [0.717, 1.165) is 56.6 Å². The molecule has 0 spiro atoms. The lowest BCUT2D eigenvalue weighted by Gasteiger charge is -2.19. The second-order valence-corrected chi connectivity index (χ2v) is 10.6. The molecular formula is C34H39FN2O2. The van der Waals surface area contributed by atoms with Crippen LogP contribution < -0.4 is 4.74 Å². The number of halogens is 1. The summed E-state index contributed by atoms with van der Waals surface area (Å²) in [6.07, 6.45) is 6.76. The fourth-order valence-corrected chi connectivity index (χ4v) is 6.13. The van der Waals surface area contributed by atoms with E-state index in [0.29, 0.717) is 12.2 Å². The van der Waals surface area contributed by atoms with Gasteiger partial charge in [-0.15, -0.1) is 0 Å². The number of hydrogen-bond acceptors (Lipinski definition) is 3. The van der Waals surface area contributed by atoms with Gasteiger partial charge in [-0.1, -0.05) is 31.7 Å². The summed E-state index contributed by atoms with van der Waals surface area (Å²) in [5, 5.41) is 11.5. The van der Waals surface area contributed by atoms with Gasteiger partial charge in [0.15, 0.2) is 0 Å². The third-order valence-electron chi connectivity index (χ3n) is 8.05. The van der Waals surface area contributed by atoms with Gasteiger partial charge in [0.25, 0.3) is 0 Å². The number of aryl methyl sites for hydroxylation is 2. The van der Waals surface area contributed by atoms with Gasteiger partial charge in [0.1, 0.15) is 17.6 Å². The Labute approximate surface area is 231 Å². The van der Waals surface area contributed by atoms with Gasteiger partial charge in [-0.05, 0) is 108 Å². The van der Waals surface area contributed by atoms with Crippen LogP contribution in [0.4, 0.5) is 4.39 Å². The van der Waals surface area contributed by atoms with Crippen molar-refractivity contribution in [2.24, 2.45) is 7.05 Å². The maximum atomic E-state index is 12.6. The number of fused-ring (bicyclic) bond motifs is 2. The van der Waals surface area contributed by atoms with Crippen molar-refractivity contribution in [2.75, 3.05) is 26.3 Å². The van der Waals surface area contributed by atoms with Gasteiger partial charge in [-0.25, -0.2) is 0 Å². The highest BCUT2D eigenvalue weighted by atomic mass is 19.1. The van der Waals surface area contributed by atoms with Crippen molar-refractivity contribution in [1.29, 1.82) is 0 Å². The molecule has 0 unspecified atom stereocenters. The van der Waals surface area contributed by atoms with E-state index in [1.807, 2.05) is 6.07 Å². The smallest absolute Gasteiger partial charge is 0.119 e. The van der Waals surface area contributed by atoms with Crippen molar-refractivity contribution in [1.82, 2.24) is 9.47 Å². The number of aromatic hydroxyl groups is 1. The molecule has 1 saturated heterocycles. The van der Waals surface area contributed by atoms with Gasteiger partial charge in [-0.3, -0.25) is 9.29 Å². The summed E-state index contributed by atoms with van der Waals surface area (Å²) in [5.74, 6) is 1.19. The second-order valence-electron chi connectivity index (χ2n) is 10.6. The molecular weight excluding hydrogens is 487 g/mol. The number of likely N-dealkylation sites (tertiary alicyclic amines) is 1. The molecule has 1 aliphatic heterocycles. The Kier molecular flexibility index (Phi) is 8.08. The summed E-state index contributed by atoms with van der Waals surface area (Å²) in [6.45, 7) is 2.36. The number of nitrogens with zero attached hydrogens (tertiary/aromatic N) is 2. The molecule has 2 heterocycles. The van der Waals surface area contributed by atoms with Gasteiger partial charge >= 0.3 is 0 Å². The Morgan fingerprint density at radius 1 is 0.974 bits per heavy atom. The molecule has 0 amide bonds. The lowest BCUT2D eigenvalue weighted by molar-refractivity contribution is 0.198. The summed E-state index contributed by atoms with van der Waals surface area (Å²) in [4.78, 5) is 2.29. The first-order chi connectivity index (χ1) is 18.6. The zero-order chi connectivity index (χ0) is 26.1. The summed E-state index contributed by atoms with van der Waals surface area (Å²) in [5.41, 5.74) is 8.59. The Hall–Kier alpha value is -3.57. The minimum absolute atomic E-state index is 0. The Morgan fingerprint density at radius 3 is 2.62 bits per heavy atom. The largest absolute Gasteiger partial charge is 0.508 e. The first kappa shape index (κ1) is 27.0. The number of aromatic nitrogens is 1. The van der Waals surface area contributed by atoms with E-state index < -0.39 is 0 Å². The van der Waals surface area contributed by atoms with Gasteiger partial charge in [0.2, 0.25) is 0 Å². The van der Waals surface area contributed by atoms with Crippen LogP contribution in [0.15, 0.2) is 72.9 Å². The number of ether oxygens (including phenoxy) is 1. The standard InChI is InChI=1S/C33H35FN2O2.CH4/c1-35-18-14-26-20-25(8-13-32(26)35)30-5-2-4-24-21-27(37)9-12-31(24)33(30)23-6-10-28(11-7-23)38-29-15-19-36(22-29)17-3-16-34;/h6-14,18,20-21,29,37H,2-5,15-17,19,22H2,1H3;1H4/t29-;/m0./s1. The summed E-state index contributed by atoms with van der Waals surface area (Å²) >= 11 is 0. The Bertz CT molecular complexity index is 1470. The third kappa shape index (κ3) is 5.60. The van der Waals surface area contributed by atoms with E-state index in [-0.39, 0.29) is 20.2 Å². The highest BCUT2D eigenvalue weighted by Gasteiger charge is 2.24. The van der Waals surface area contributed by atoms with Crippen LogP contribution in [0.1, 0.15) is 55.4 Å². The summed E-state index contributed by atoms with van der Waals surface area (Å²) in [6, 6.07) is 23.2. The fourth-order valence-electron chi connectivity index (χ4n) is 6.13. The molecule has 39 heavy (non-hydrogen) atoms. The van der Waals surface area contributed by atoms with Crippen molar-refractivity contribution in [3.05, 3.63) is 95.2 Å². The number of rotatable bonds is 7. The maximum Gasteiger partial charge on any atom is 0.119 e. The first-order valence-electron chi connectivity index (χ1n) is 13.8. The van der Waals surface area contributed by atoms with Crippen molar-refractivity contribution in [3.63, 3.8) is 0 Å². The molecule has 1 aromatic heterocycles. The highest BCUT2D eigenvalue weighted by Crippen LogP contribution is 2.41. The van der Waals surface area contributed by atoms with Gasteiger partial charge in [0, 0.05) is 43.8 Å². The molecule has 5 heteroatoms. The number of phenols is 1. The van der Waals surface area contributed by atoms with Gasteiger partial charge in [-0.2, -0.15) is 0 Å². The molecule has 0 bridgehead atoms. The molecule has 6 rings (SSSR count). The van der Waals surface area contributed by atoms with E-state index in [9.17, 15) is 9.50 Å². The van der Waals surface area contributed by atoms with Crippen LogP contribution in [0.25, 0.3) is 22.0 Å².